The number of nitrogens with zero attached hydrogens (tertiary/aromatic N) is 4. The van der Waals surface area contributed by atoms with Gasteiger partial charge in [0.2, 0.25) is 11.3 Å². The van der Waals surface area contributed by atoms with Crippen molar-refractivity contribution in [2.75, 3.05) is 18.0 Å². The molecule has 11 heteroatoms. The second kappa shape index (κ2) is 8.99. The number of imidazole rings is 1. The Labute approximate surface area is 205 Å². The molecule has 9 nitrogen and oxygen atoms in total. The van der Waals surface area contributed by atoms with E-state index in [2.05, 4.69) is 10.3 Å². The zero-order valence-electron chi connectivity index (χ0n) is 19.1. The van der Waals surface area contributed by atoms with Crippen molar-refractivity contribution in [3.63, 3.8) is 0 Å². The van der Waals surface area contributed by atoms with Crippen molar-refractivity contribution >= 4 is 40.1 Å². The number of carboxylic acids is 1. The molecule has 2 aliphatic rings. The summed E-state index contributed by atoms with van der Waals surface area (Å²) in [6, 6.07) is 0.943. The molecule has 0 bridgehead atoms. The zero-order valence-corrected chi connectivity index (χ0v) is 19.9. The maximum absolute atomic E-state index is 15.3. The first-order chi connectivity index (χ1) is 16.7. The Bertz CT molecular complexity index is 1400. The van der Waals surface area contributed by atoms with Crippen LogP contribution in [0.1, 0.15) is 47.8 Å². The summed E-state index contributed by atoms with van der Waals surface area (Å²) in [6.45, 7) is 3.26. The molecule has 3 heterocycles. The van der Waals surface area contributed by atoms with E-state index in [1.165, 1.54) is 6.20 Å². The van der Waals surface area contributed by atoms with Gasteiger partial charge in [0.15, 0.2) is 0 Å². The van der Waals surface area contributed by atoms with Gasteiger partial charge in [-0.25, -0.2) is 14.2 Å². The average molecular weight is 502 g/mol. The lowest BCUT2D eigenvalue weighted by Crippen LogP contribution is -2.37. The van der Waals surface area contributed by atoms with E-state index in [9.17, 15) is 19.5 Å². The van der Waals surface area contributed by atoms with E-state index in [0.717, 1.165) is 24.6 Å². The second-order valence-electron chi connectivity index (χ2n) is 9.23. The number of hydrogen-bond donors (Lipinski definition) is 2. The van der Waals surface area contributed by atoms with E-state index in [-0.39, 0.29) is 34.1 Å². The number of aromatic carboxylic acids is 1. The maximum atomic E-state index is 15.3. The number of anilines is 1. The summed E-state index contributed by atoms with van der Waals surface area (Å²) in [5.41, 5.74) is 0.251. The molecule has 1 aliphatic carbocycles. The number of rotatable bonds is 7. The predicted molar refractivity (Wildman–Crippen MR) is 129 cm³/mol. The predicted octanol–water partition coefficient (Wildman–Crippen LogP) is 3.12. The van der Waals surface area contributed by atoms with Crippen LogP contribution in [0, 0.1) is 12.7 Å². The molecule has 1 saturated carbocycles. The largest absolute Gasteiger partial charge is 0.477 e. The first-order valence-electron chi connectivity index (χ1n) is 11.6. The van der Waals surface area contributed by atoms with E-state index in [4.69, 9.17) is 11.6 Å². The summed E-state index contributed by atoms with van der Waals surface area (Å²) < 4.78 is 18.8. The summed E-state index contributed by atoms with van der Waals surface area (Å²) in [4.78, 5) is 42.7. The third-order valence-corrected chi connectivity index (χ3v) is 6.94. The molecule has 184 valence electrons. The fourth-order valence-electron chi connectivity index (χ4n) is 4.72. The van der Waals surface area contributed by atoms with Crippen molar-refractivity contribution in [3.05, 3.63) is 57.1 Å². The van der Waals surface area contributed by atoms with Crippen molar-refractivity contribution in [3.8, 4) is 0 Å². The molecule has 2 aromatic heterocycles. The number of amides is 1. The molecule has 0 spiro atoms. The van der Waals surface area contributed by atoms with Crippen LogP contribution < -0.4 is 15.6 Å². The lowest BCUT2D eigenvalue weighted by atomic mass is 10.1. The molecule has 1 aliphatic heterocycles. The molecule has 3 aromatic rings. The molecular weight excluding hydrogens is 477 g/mol. The number of hydrogen-bond acceptors (Lipinski definition) is 5. The molecule has 2 fully saturated rings. The van der Waals surface area contributed by atoms with Crippen molar-refractivity contribution in [1.29, 1.82) is 0 Å². The van der Waals surface area contributed by atoms with Crippen LogP contribution in [0.3, 0.4) is 0 Å². The Kier molecular flexibility index (Phi) is 6.00. The van der Waals surface area contributed by atoms with E-state index < -0.39 is 22.8 Å². The highest BCUT2D eigenvalue weighted by molar-refractivity contribution is 6.38. The van der Waals surface area contributed by atoms with Crippen molar-refractivity contribution in [1.82, 2.24) is 19.4 Å². The number of carboxylic acid groups (broad SMARTS) is 1. The molecular formula is C24H25ClFN5O4. The Morgan fingerprint density at radius 3 is 2.71 bits per heavy atom. The van der Waals surface area contributed by atoms with Gasteiger partial charge in [0.05, 0.1) is 33.6 Å². The van der Waals surface area contributed by atoms with Gasteiger partial charge in [0, 0.05) is 50.5 Å². The average Bonchev–Trinajstić information content (AvgIpc) is 3.41. The molecule has 5 rings (SSSR count). The van der Waals surface area contributed by atoms with Gasteiger partial charge in [-0.3, -0.25) is 9.59 Å². The highest BCUT2D eigenvalue weighted by Crippen LogP contribution is 2.42. The van der Waals surface area contributed by atoms with E-state index >= 15 is 4.39 Å². The smallest absolute Gasteiger partial charge is 0.341 e. The van der Waals surface area contributed by atoms with Crippen LogP contribution in [0.25, 0.3) is 10.9 Å². The Balaban J connectivity index is 1.38. The lowest BCUT2D eigenvalue weighted by molar-refractivity contribution is -0.121. The van der Waals surface area contributed by atoms with Crippen molar-refractivity contribution in [2.45, 2.75) is 51.2 Å². The Morgan fingerprint density at radius 2 is 2.06 bits per heavy atom. The van der Waals surface area contributed by atoms with Crippen LogP contribution in [0.15, 0.2) is 29.6 Å². The van der Waals surface area contributed by atoms with E-state index in [1.807, 2.05) is 17.7 Å². The van der Waals surface area contributed by atoms with Crippen LogP contribution in [-0.2, 0) is 11.3 Å². The van der Waals surface area contributed by atoms with Gasteiger partial charge in [0.1, 0.15) is 11.4 Å². The number of benzene rings is 1. The Morgan fingerprint density at radius 1 is 1.29 bits per heavy atom. The summed E-state index contributed by atoms with van der Waals surface area (Å²) in [5.74, 6) is -2.14. The molecule has 0 radical (unpaired) electrons. The molecule has 1 aromatic carbocycles. The molecule has 1 atom stereocenters. The SMILES string of the molecule is Cc1cn(CCC(=O)NC2CCN(c3c(F)cc4c(=O)c(C(=O)O)cn(C5CC5)c4c3Cl)C2)cn1. The fraction of sp³-hybridized carbons (Fsp3) is 0.417. The standard InChI is InChI=1S/C24H25ClFN5O4/c1-13-9-29(12-27-13)6-5-19(32)28-14-4-7-30(10-14)22-18(26)8-16-21(20(22)25)31(15-2-3-15)11-17(23(16)33)24(34)35/h8-9,11-12,14-15H,2-7,10H2,1H3,(H,28,32)(H,34,35). The minimum Gasteiger partial charge on any atom is -0.477 e. The normalized spacial score (nSPS) is 17.8. The molecule has 1 amide bonds. The number of nitrogens with one attached hydrogen (secondary N) is 1. The minimum absolute atomic E-state index is 0.0249. The highest BCUT2D eigenvalue weighted by atomic mass is 35.5. The number of carbonyl (C=O) groups excluding carboxylic acids is 1. The van der Waals surface area contributed by atoms with Gasteiger partial charge in [0.25, 0.3) is 0 Å². The van der Waals surface area contributed by atoms with Gasteiger partial charge < -0.3 is 24.5 Å². The van der Waals surface area contributed by atoms with Crippen LogP contribution in [-0.4, -0.2) is 50.2 Å². The summed E-state index contributed by atoms with van der Waals surface area (Å²) in [5, 5.41) is 12.5. The van der Waals surface area contributed by atoms with Crippen molar-refractivity contribution in [2.24, 2.45) is 0 Å². The third-order valence-electron chi connectivity index (χ3n) is 6.58. The second-order valence-corrected chi connectivity index (χ2v) is 9.61. The summed E-state index contributed by atoms with van der Waals surface area (Å²) in [6.07, 6.45) is 7.45. The van der Waals surface area contributed by atoms with Crippen LogP contribution in [0.2, 0.25) is 5.02 Å². The van der Waals surface area contributed by atoms with Gasteiger partial charge in [-0.2, -0.15) is 0 Å². The van der Waals surface area contributed by atoms with Gasteiger partial charge >= 0.3 is 5.97 Å². The number of fused-ring (bicyclic) bond motifs is 1. The first kappa shape index (κ1) is 23.3. The lowest BCUT2D eigenvalue weighted by Gasteiger charge is -2.23. The molecule has 1 unspecified atom stereocenters. The van der Waals surface area contributed by atoms with Crippen LogP contribution in [0.4, 0.5) is 10.1 Å². The number of aryl methyl sites for hydroxylation is 2. The van der Waals surface area contributed by atoms with Crippen molar-refractivity contribution < 1.29 is 19.1 Å². The quantitative estimate of drug-likeness (QED) is 0.515. The zero-order chi connectivity index (χ0) is 24.9. The maximum Gasteiger partial charge on any atom is 0.341 e. The van der Waals surface area contributed by atoms with Gasteiger partial charge in [-0.1, -0.05) is 11.6 Å². The Hall–Kier alpha value is -3.40. The van der Waals surface area contributed by atoms with Crippen LogP contribution >= 0.6 is 11.6 Å². The monoisotopic (exact) mass is 501 g/mol. The highest BCUT2D eigenvalue weighted by Gasteiger charge is 2.32. The minimum atomic E-state index is -1.35. The van der Waals surface area contributed by atoms with Gasteiger partial charge in [-0.15, -0.1) is 0 Å². The number of carbonyl (C=O) groups is 2. The van der Waals surface area contributed by atoms with Crippen LogP contribution in [0.5, 0.6) is 0 Å². The third kappa shape index (κ3) is 4.50. The topological polar surface area (TPSA) is 109 Å². The summed E-state index contributed by atoms with van der Waals surface area (Å²) >= 11 is 6.70. The van der Waals surface area contributed by atoms with E-state index in [0.29, 0.717) is 38.0 Å². The number of halogens is 2. The number of pyridine rings is 1. The van der Waals surface area contributed by atoms with E-state index in [1.54, 1.807) is 15.8 Å². The van der Waals surface area contributed by atoms with Gasteiger partial charge in [-0.05, 0) is 32.3 Å². The molecule has 35 heavy (non-hydrogen) atoms. The molecule has 1 saturated heterocycles. The summed E-state index contributed by atoms with van der Waals surface area (Å²) in [7, 11) is 0. The molecule has 2 N–H and O–H groups in total. The fourth-order valence-corrected chi connectivity index (χ4v) is 5.13. The first-order valence-corrected chi connectivity index (χ1v) is 11.9. The number of aromatic nitrogens is 3.